The minimum Gasteiger partial charge on any atom is -0.497 e. The lowest BCUT2D eigenvalue weighted by atomic mass is 10.1. The second-order valence-electron chi connectivity index (χ2n) is 6.50. The van der Waals surface area contributed by atoms with Gasteiger partial charge in [-0.1, -0.05) is 18.2 Å². The van der Waals surface area contributed by atoms with E-state index in [1.54, 1.807) is 13.3 Å². The summed E-state index contributed by atoms with van der Waals surface area (Å²) in [4.78, 5) is 21.6. The van der Waals surface area contributed by atoms with Gasteiger partial charge in [0.25, 0.3) is 0 Å². The molecule has 0 spiro atoms. The van der Waals surface area contributed by atoms with Crippen molar-refractivity contribution in [2.24, 2.45) is 0 Å². The number of carbonyl (C=O) groups is 1. The van der Waals surface area contributed by atoms with Crippen molar-refractivity contribution in [2.75, 3.05) is 20.7 Å². The number of benzene rings is 1. The fourth-order valence-corrected chi connectivity index (χ4v) is 3.28. The number of nitrogens with zero attached hydrogens (tertiary/aromatic N) is 3. The number of carbonyl (C=O) groups excluding carboxylic acids is 1. The van der Waals surface area contributed by atoms with Crippen molar-refractivity contribution in [1.29, 1.82) is 0 Å². The van der Waals surface area contributed by atoms with Gasteiger partial charge in [-0.25, -0.2) is 0 Å². The van der Waals surface area contributed by atoms with E-state index in [2.05, 4.69) is 9.88 Å². The first-order valence-corrected chi connectivity index (χ1v) is 8.69. The normalized spacial score (nSPS) is 17.4. The highest BCUT2D eigenvalue weighted by Crippen LogP contribution is 2.20. The van der Waals surface area contributed by atoms with E-state index in [1.807, 2.05) is 54.4 Å². The van der Waals surface area contributed by atoms with E-state index in [0.717, 1.165) is 36.4 Å². The fourth-order valence-electron chi connectivity index (χ4n) is 3.28. The number of rotatable bonds is 6. The van der Waals surface area contributed by atoms with Crippen LogP contribution in [0, 0.1) is 0 Å². The van der Waals surface area contributed by atoms with Crippen LogP contribution in [-0.2, 0) is 17.9 Å². The molecule has 1 aliphatic heterocycles. The van der Waals surface area contributed by atoms with Crippen molar-refractivity contribution in [1.82, 2.24) is 14.8 Å². The standard InChI is InChI=1S/C20H25N3O2/c1-22-13-5-7-19(22)20(24)23(15-17-6-3-4-12-21-17)14-16-8-10-18(25-2)11-9-16/h3-4,6,8-12,19H,5,7,13-15H2,1-2H3/t19-/m0/s1. The molecule has 0 bridgehead atoms. The third kappa shape index (κ3) is 4.37. The number of methoxy groups -OCH3 is 1. The van der Waals surface area contributed by atoms with Crippen LogP contribution >= 0.6 is 0 Å². The first kappa shape index (κ1) is 17.4. The molecule has 2 aromatic rings. The zero-order valence-corrected chi connectivity index (χ0v) is 14.9. The van der Waals surface area contributed by atoms with Gasteiger partial charge in [0.05, 0.1) is 25.4 Å². The minimum absolute atomic E-state index is 0.0260. The molecule has 1 aliphatic rings. The van der Waals surface area contributed by atoms with E-state index in [0.29, 0.717) is 13.1 Å². The maximum Gasteiger partial charge on any atom is 0.240 e. The van der Waals surface area contributed by atoms with Crippen LogP contribution in [0.4, 0.5) is 0 Å². The summed E-state index contributed by atoms with van der Waals surface area (Å²) in [5, 5.41) is 0. The predicted octanol–water partition coefficient (Wildman–Crippen LogP) is 2.71. The van der Waals surface area contributed by atoms with E-state index in [4.69, 9.17) is 4.74 Å². The Hall–Kier alpha value is -2.40. The summed E-state index contributed by atoms with van der Waals surface area (Å²) >= 11 is 0. The molecule has 0 radical (unpaired) electrons. The molecule has 2 heterocycles. The molecular weight excluding hydrogens is 314 g/mol. The zero-order valence-electron chi connectivity index (χ0n) is 14.9. The first-order valence-electron chi connectivity index (χ1n) is 8.69. The van der Waals surface area contributed by atoms with Gasteiger partial charge in [0.1, 0.15) is 5.75 Å². The Morgan fingerprint density at radius 1 is 1.24 bits per heavy atom. The third-order valence-corrected chi connectivity index (χ3v) is 4.73. The van der Waals surface area contributed by atoms with Crippen molar-refractivity contribution in [3.8, 4) is 5.75 Å². The van der Waals surface area contributed by atoms with Gasteiger partial charge in [0.15, 0.2) is 0 Å². The number of likely N-dealkylation sites (tertiary alicyclic amines) is 1. The highest BCUT2D eigenvalue weighted by molar-refractivity contribution is 5.82. The molecule has 1 aromatic carbocycles. The summed E-state index contributed by atoms with van der Waals surface area (Å²) in [7, 11) is 3.68. The molecule has 1 aromatic heterocycles. The topological polar surface area (TPSA) is 45.7 Å². The Balaban J connectivity index is 1.78. The van der Waals surface area contributed by atoms with Crippen LogP contribution < -0.4 is 4.74 Å². The first-order chi connectivity index (χ1) is 12.2. The van der Waals surface area contributed by atoms with E-state index >= 15 is 0 Å². The summed E-state index contributed by atoms with van der Waals surface area (Å²) < 4.78 is 5.22. The van der Waals surface area contributed by atoms with E-state index in [1.165, 1.54) is 0 Å². The monoisotopic (exact) mass is 339 g/mol. The van der Waals surface area contributed by atoms with Crippen LogP contribution in [-0.4, -0.2) is 47.4 Å². The quantitative estimate of drug-likeness (QED) is 0.812. The van der Waals surface area contributed by atoms with Crippen molar-refractivity contribution < 1.29 is 9.53 Å². The third-order valence-electron chi connectivity index (χ3n) is 4.73. The smallest absolute Gasteiger partial charge is 0.240 e. The molecule has 25 heavy (non-hydrogen) atoms. The number of aromatic nitrogens is 1. The molecule has 1 amide bonds. The molecule has 0 aliphatic carbocycles. The number of hydrogen-bond donors (Lipinski definition) is 0. The average molecular weight is 339 g/mol. The molecule has 1 fully saturated rings. The molecule has 3 rings (SSSR count). The fraction of sp³-hybridized carbons (Fsp3) is 0.400. The van der Waals surface area contributed by atoms with Gasteiger partial charge in [-0.15, -0.1) is 0 Å². The van der Waals surface area contributed by atoms with Crippen LogP contribution in [0.25, 0.3) is 0 Å². The molecular formula is C20H25N3O2. The summed E-state index contributed by atoms with van der Waals surface area (Å²) in [6.45, 7) is 2.08. The molecule has 0 N–H and O–H groups in total. The van der Waals surface area contributed by atoms with Gasteiger partial charge in [0, 0.05) is 12.7 Å². The SMILES string of the molecule is COc1ccc(CN(Cc2ccccn2)C(=O)[C@@H]2CCCN2C)cc1. The van der Waals surface area contributed by atoms with E-state index in [-0.39, 0.29) is 11.9 Å². The Labute approximate surface area is 149 Å². The van der Waals surface area contributed by atoms with E-state index < -0.39 is 0 Å². The Kier molecular flexibility index (Phi) is 5.66. The van der Waals surface area contributed by atoms with E-state index in [9.17, 15) is 4.79 Å². The van der Waals surface area contributed by atoms with Crippen LogP contribution in [0.1, 0.15) is 24.1 Å². The molecule has 0 saturated carbocycles. The second-order valence-corrected chi connectivity index (χ2v) is 6.50. The largest absolute Gasteiger partial charge is 0.497 e. The second kappa shape index (κ2) is 8.12. The van der Waals surface area contributed by atoms with Gasteiger partial charge in [-0.05, 0) is 56.3 Å². The van der Waals surface area contributed by atoms with Gasteiger partial charge in [-0.2, -0.15) is 0 Å². The maximum atomic E-state index is 13.1. The Morgan fingerprint density at radius 2 is 2.04 bits per heavy atom. The minimum atomic E-state index is -0.0260. The molecule has 5 heteroatoms. The summed E-state index contributed by atoms with van der Waals surface area (Å²) in [5.74, 6) is 1.00. The zero-order chi connectivity index (χ0) is 17.6. The highest BCUT2D eigenvalue weighted by Gasteiger charge is 2.31. The molecule has 1 saturated heterocycles. The lowest BCUT2D eigenvalue weighted by Gasteiger charge is -2.28. The van der Waals surface area contributed by atoms with Crippen molar-refractivity contribution in [3.05, 3.63) is 59.9 Å². The lowest BCUT2D eigenvalue weighted by Crippen LogP contribution is -2.43. The van der Waals surface area contributed by atoms with Gasteiger partial charge in [-0.3, -0.25) is 14.7 Å². The van der Waals surface area contributed by atoms with Crippen LogP contribution in [0.2, 0.25) is 0 Å². The number of pyridine rings is 1. The van der Waals surface area contributed by atoms with Crippen LogP contribution in [0.5, 0.6) is 5.75 Å². The van der Waals surface area contributed by atoms with Crippen molar-refractivity contribution in [2.45, 2.75) is 32.0 Å². The Morgan fingerprint density at radius 3 is 2.64 bits per heavy atom. The summed E-state index contributed by atoms with van der Waals surface area (Å²) in [6.07, 6.45) is 3.77. The molecule has 132 valence electrons. The van der Waals surface area contributed by atoms with Gasteiger partial charge in [0.2, 0.25) is 5.91 Å². The molecule has 0 unspecified atom stereocenters. The van der Waals surface area contributed by atoms with Crippen molar-refractivity contribution >= 4 is 5.91 Å². The lowest BCUT2D eigenvalue weighted by molar-refractivity contribution is -0.136. The molecule has 1 atom stereocenters. The number of ether oxygens (including phenoxy) is 1. The van der Waals surface area contributed by atoms with Gasteiger partial charge < -0.3 is 9.64 Å². The maximum absolute atomic E-state index is 13.1. The summed E-state index contributed by atoms with van der Waals surface area (Å²) in [6, 6.07) is 13.7. The Bertz CT molecular complexity index is 688. The van der Waals surface area contributed by atoms with Crippen LogP contribution in [0.3, 0.4) is 0 Å². The predicted molar refractivity (Wildman–Crippen MR) is 97.1 cm³/mol. The van der Waals surface area contributed by atoms with Crippen molar-refractivity contribution in [3.63, 3.8) is 0 Å². The number of amides is 1. The molecule has 5 nitrogen and oxygen atoms in total. The number of likely N-dealkylation sites (N-methyl/N-ethyl adjacent to an activating group) is 1. The van der Waals surface area contributed by atoms with Gasteiger partial charge >= 0.3 is 0 Å². The summed E-state index contributed by atoms with van der Waals surface area (Å²) in [5.41, 5.74) is 2.00. The highest BCUT2D eigenvalue weighted by atomic mass is 16.5. The van der Waals surface area contributed by atoms with Crippen LogP contribution in [0.15, 0.2) is 48.7 Å². The number of hydrogen-bond acceptors (Lipinski definition) is 4. The average Bonchev–Trinajstić information content (AvgIpc) is 3.08.